The molecule has 0 amide bonds. The van der Waals surface area contributed by atoms with Crippen LogP contribution in [0.3, 0.4) is 0 Å². The quantitative estimate of drug-likeness (QED) is 0.130. The van der Waals surface area contributed by atoms with Crippen molar-refractivity contribution in [3.63, 3.8) is 0 Å². The minimum atomic E-state index is -0.875. The van der Waals surface area contributed by atoms with Gasteiger partial charge in [0.1, 0.15) is 40.9 Å². The van der Waals surface area contributed by atoms with E-state index in [1.54, 1.807) is 71.8 Å². The van der Waals surface area contributed by atoms with E-state index in [0.717, 1.165) is 16.1 Å². The number of hydrogen-bond donors (Lipinski definition) is 2. The van der Waals surface area contributed by atoms with E-state index in [1.165, 1.54) is 11.5 Å². The van der Waals surface area contributed by atoms with E-state index in [0.29, 0.717) is 51.4 Å². The largest absolute Gasteiger partial charge is 0.493 e. The molecule has 0 aliphatic rings. The molecule has 0 aliphatic heterocycles. The Morgan fingerprint density at radius 3 is 1.40 bits per heavy atom. The molecule has 5 rings (SSSR count). The van der Waals surface area contributed by atoms with Crippen LogP contribution in [0.15, 0.2) is 84.9 Å². The summed E-state index contributed by atoms with van der Waals surface area (Å²) in [5.74, 6) is 4.08. The fraction of sp³-hybridized carbons (Fsp3) is 0.278. The molecule has 246 valence electrons. The first-order chi connectivity index (χ1) is 22.7. The highest BCUT2D eigenvalue weighted by Gasteiger charge is 2.22. The van der Waals surface area contributed by atoms with Crippen LogP contribution in [-0.4, -0.2) is 60.2 Å². The number of aromatic nitrogens is 2. The van der Waals surface area contributed by atoms with E-state index < -0.39 is 24.4 Å². The molecule has 0 spiro atoms. The van der Waals surface area contributed by atoms with E-state index >= 15 is 0 Å². The first-order valence-electron chi connectivity index (χ1n) is 14.9. The minimum Gasteiger partial charge on any atom is -0.493 e. The van der Waals surface area contributed by atoms with E-state index in [9.17, 15) is 10.2 Å². The molecule has 0 bridgehead atoms. The molecular weight excluding hydrogens is 620 g/mol. The van der Waals surface area contributed by atoms with Gasteiger partial charge in [0.15, 0.2) is 28.8 Å². The third-order valence-electron chi connectivity index (χ3n) is 7.67. The Labute approximate surface area is 278 Å². The lowest BCUT2D eigenvalue weighted by atomic mass is 10.0. The summed E-state index contributed by atoms with van der Waals surface area (Å²) in [6, 6.07) is 25.5. The third kappa shape index (κ3) is 7.76. The maximum absolute atomic E-state index is 10.9. The molecule has 0 saturated heterocycles. The summed E-state index contributed by atoms with van der Waals surface area (Å²) in [6.07, 6.45) is -2.79. The highest BCUT2D eigenvalue weighted by molar-refractivity contribution is 7.09. The summed E-state index contributed by atoms with van der Waals surface area (Å²) in [4.78, 5) is 4.73. The van der Waals surface area contributed by atoms with Crippen molar-refractivity contribution in [3.05, 3.63) is 96.1 Å². The zero-order valence-corrected chi connectivity index (χ0v) is 27.9. The second-order valence-corrected chi connectivity index (χ2v) is 11.5. The van der Waals surface area contributed by atoms with Gasteiger partial charge in [-0.05, 0) is 109 Å². The van der Waals surface area contributed by atoms with Crippen LogP contribution in [0.5, 0.6) is 34.5 Å². The van der Waals surface area contributed by atoms with Gasteiger partial charge in [-0.2, -0.15) is 4.37 Å². The molecule has 0 saturated carbocycles. The molecule has 2 N–H and O–H groups in total. The monoisotopic (exact) mass is 658 g/mol. The van der Waals surface area contributed by atoms with Crippen molar-refractivity contribution in [1.82, 2.24) is 9.36 Å². The molecule has 0 aliphatic carbocycles. The molecule has 11 heteroatoms. The second-order valence-electron chi connectivity index (χ2n) is 10.7. The number of rotatable bonds is 14. The van der Waals surface area contributed by atoms with Gasteiger partial charge in [-0.1, -0.05) is 12.1 Å². The van der Waals surface area contributed by atoms with Crippen LogP contribution in [0, 0.1) is 0 Å². The van der Waals surface area contributed by atoms with Crippen molar-refractivity contribution in [3.8, 4) is 56.5 Å². The van der Waals surface area contributed by atoms with E-state index in [-0.39, 0.29) is 0 Å². The van der Waals surface area contributed by atoms with Gasteiger partial charge in [-0.3, -0.25) is 0 Å². The average molecular weight is 659 g/mol. The van der Waals surface area contributed by atoms with Crippen LogP contribution in [0.1, 0.15) is 37.2 Å². The Hall–Kier alpha value is -4.84. The Balaban J connectivity index is 1.19. The average Bonchev–Trinajstić information content (AvgIpc) is 3.61. The SMILES string of the molecule is COc1ccc(C(O)C(C)Oc2ccc(-c3nsc(-c4ccc(OC(C)C(O)c5ccc(OC)c(OC)c5)cc4)n3)cc2)cc1OC. The van der Waals surface area contributed by atoms with Crippen LogP contribution in [0.2, 0.25) is 0 Å². The van der Waals surface area contributed by atoms with Gasteiger partial charge in [-0.25, -0.2) is 4.98 Å². The first kappa shape index (κ1) is 33.5. The highest BCUT2D eigenvalue weighted by atomic mass is 32.1. The summed E-state index contributed by atoms with van der Waals surface area (Å²) < 4.78 is 37.9. The summed E-state index contributed by atoms with van der Waals surface area (Å²) in [5, 5.41) is 22.5. The third-order valence-corrected chi connectivity index (χ3v) is 8.44. The van der Waals surface area contributed by atoms with E-state index in [1.807, 2.05) is 55.5 Å². The van der Waals surface area contributed by atoms with Gasteiger partial charge >= 0.3 is 0 Å². The number of ether oxygens (including phenoxy) is 6. The van der Waals surface area contributed by atoms with Gasteiger partial charge in [0, 0.05) is 11.1 Å². The number of aliphatic hydroxyl groups is 2. The van der Waals surface area contributed by atoms with Gasteiger partial charge < -0.3 is 38.6 Å². The van der Waals surface area contributed by atoms with Crippen molar-refractivity contribution < 1.29 is 38.6 Å². The number of nitrogens with zero attached hydrogens (tertiary/aromatic N) is 2. The minimum absolute atomic E-state index is 0.517. The molecule has 5 aromatic rings. The Bertz CT molecular complexity index is 1630. The standard InChI is InChI=1S/C36H38N2O8S/c1-21(33(39)25-11-17-29(41-3)31(19-25)43-5)45-27-13-7-23(8-14-27)35-37-36(47-38-35)24-9-15-28(16-10-24)46-22(2)34(40)26-12-18-30(42-4)32(20-26)44-6/h7-22,33-34,39-40H,1-6H3. The molecule has 0 radical (unpaired) electrons. The lowest BCUT2D eigenvalue weighted by Gasteiger charge is -2.22. The van der Waals surface area contributed by atoms with Crippen LogP contribution < -0.4 is 28.4 Å². The molecule has 1 heterocycles. The van der Waals surface area contributed by atoms with Crippen molar-refractivity contribution in [2.24, 2.45) is 0 Å². The fourth-order valence-corrected chi connectivity index (χ4v) is 5.68. The van der Waals surface area contributed by atoms with Crippen LogP contribution in [-0.2, 0) is 0 Å². The molecule has 47 heavy (non-hydrogen) atoms. The van der Waals surface area contributed by atoms with Crippen molar-refractivity contribution in [1.29, 1.82) is 0 Å². The Kier molecular flexibility index (Phi) is 10.8. The maximum atomic E-state index is 10.9. The van der Waals surface area contributed by atoms with Gasteiger partial charge in [0.05, 0.1) is 28.4 Å². The first-order valence-corrected chi connectivity index (χ1v) is 15.7. The summed E-state index contributed by atoms with van der Waals surface area (Å²) in [7, 11) is 6.25. The van der Waals surface area contributed by atoms with Crippen molar-refractivity contribution in [2.75, 3.05) is 28.4 Å². The van der Waals surface area contributed by atoms with E-state index in [4.69, 9.17) is 33.4 Å². The van der Waals surface area contributed by atoms with E-state index in [2.05, 4.69) is 4.37 Å². The van der Waals surface area contributed by atoms with Crippen molar-refractivity contribution >= 4 is 11.5 Å². The topological polar surface area (TPSA) is 122 Å². The van der Waals surface area contributed by atoms with Crippen molar-refractivity contribution in [2.45, 2.75) is 38.3 Å². The Morgan fingerprint density at radius 1 is 0.553 bits per heavy atom. The molecule has 10 nitrogen and oxygen atoms in total. The Morgan fingerprint density at radius 2 is 0.979 bits per heavy atom. The summed E-state index contributed by atoms with van der Waals surface area (Å²) in [6.45, 7) is 3.62. The smallest absolute Gasteiger partial charge is 0.173 e. The second kappa shape index (κ2) is 15.2. The number of benzene rings is 4. The summed E-state index contributed by atoms with van der Waals surface area (Å²) >= 11 is 1.30. The maximum Gasteiger partial charge on any atom is 0.173 e. The lowest BCUT2D eigenvalue weighted by molar-refractivity contribution is 0.0466. The molecular formula is C36H38N2O8S. The predicted octanol–water partition coefficient (Wildman–Crippen LogP) is 6.91. The number of aliphatic hydroxyl groups excluding tert-OH is 2. The van der Waals surface area contributed by atoms with Crippen LogP contribution in [0.4, 0.5) is 0 Å². The summed E-state index contributed by atoms with van der Waals surface area (Å²) in [5.41, 5.74) is 3.06. The zero-order chi connectivity index (χ0) is 33.5. The fourth-order valence-electron chi connectivity index (χ4n) is 4.99. The zero-order valence-electron chi connectivity index (χ0n) is 27.0. The predicted molar refractivity (Wildman–Crippen MR) is 180 cm³/mol. The van der Waals surface area contributed by atoms with Gasteiger partial charge in [0.25, 0.3) is 0 Å². The van der Waals surface area contributed by atoms with Crippen LogP contribution >= 0.6 is 11.5 Å². The van der Waals surface area contributed by atoms with Gasteiger partial charge in [-0.15, -0.1) is 0 Å². The molecule has 4 atom stereocenters. The lowest BCUT2D eigenvalue weighted by Crippen LogP contribution is -2.21. The number of methoxy groups -OCH3 is 4. The molecule has 4 unspecified atom stereocenters. The normalized spacial score (nSPS) is 13.6. The van der Waals surface area contributed by atoms with Gasteiger partial charge in [0.2, 0.25) is 0 Å². The molecule has 0 fully saturated rings. The molecule has 1 aromatic heterocycles. The molecule has 4 aromatic carbocycles. The van der Waals surface area contributed by atoms with Crippen LogP contribution in [0.25, 0.3) is 22.0 Å². The highest BCUT2D eigenvalue weighted by Crippen LogP contribution is 2.34. The number of hydrogen-bond acceptors (Lipinski definition) is 11.